The number of aliphatic imine (C=N–C) groups is 1. The first-order valence-corrected chi connectivity index (χ1v) is 5.78. The van der Waals surface area contributed by atoms with E-state index in [2.05, 4.69) is 4.99 Å². The molecule has 0 fully saturated rings. The third kappa shape index (κ3) is 3.08. The Morgan fingerprint density at radius 3 is 2.68 bits per heavy atom. The molecule has 0 bridgehead atoms. The highest BCUT2D eigenvalue weighted by atomic mass is 35.5. The lowest BCUT2D eigenvalue weighted by Crippen LogP contribution is -1.94. The second-order valence-electron chi connectivity index (χ2n) is 3.78. The average molecular weight is 276 g/mol. The summed E-state index contributed by atoms with van der Waals surface area (Å²) in [7, 11) is 0. The van der Waals surface area contributed by atoms with Crippen molar-refractivity contribution in [1.82, 2.24) is 0 Å². The molecule has 0 aliphatic carbocycles. The molecular weight excluding hydrogens is 266 g/mol. The second-order valence-corrected chi connectivity index (χ2v) is 4.21. The molecule has 2 rings (SSSR count). The highest BCUT2D eigenvalue weighted by Crippen LogP contribution is 2.24. The van der Waals surface area contributed by atoms with E-state index in [1.807, 2.05) is 0 Å². The van der Waals surface area contributed by atoms with Gasteiger partial charge in [0.05, 0.1) is 21.9 Å². The number of nitrogens with zero attached hydrogens (tertiary/aromatic N) is 2. The number of para-hydroxylation sites is 2. The minimum absolute atomic E-state index is 0.0919. The van der Waals surface area contributed by atoms with Gasteiger partial charge in [-0.05, 0) is 24.3 Å². The molecule has 0 spiro atoms. The number of nitrogen functional groups attached to an aromatic ring is 1. The third-order valence-corrected chi connectivity index (χ3v) is 2.70. The average Bonchev–Trinajstić information content (AvgIpc) is 2.38. The van der Waals surface area contributed by atoms with Crippen molar-refractivity contribution in [3.8, 4) is 0 Å². The van der Waals surface area contributed by atoms with E-state index >= 15 is 0 Å². The molecule has 0 saturated carbocycles. The van der Waals surface area contributed by atoms with Crippen molar-refractivity contribution in [1.29, 1.82) is 0 Å². The summed E-state index contributed by atoms with van der Waals surface area (Å²) in [4.78, 5) is 14.6. The monoisotopic (exact) mass is 275 g/mol. The maximum absolute atomic E-state index is 10.9. The molecule has 0 amide bonds. The van der Waals surface area contributed by atoms with E-state index in [9.17, 15) is 10.1 Å². The lowest BCUT2D eigenvalue weighted by molar-refractivity contribution is -0.385. The maximum atomic E-state index is 10.9. The summed E-state index contributed by atoms with van der Waals surface area (Å²) in [6.45, 7) is 0. The molecule has 0 aromatic heterocycles. The van der Waals surface area contributed by atoms with Crippen molar-refractivity contribution in [2.24, 2.45) is 4.99 Å². The third-order valence-electron chi connectivity index (χ3n) is 2.47. The van der Waals surface area contributed by atoms with Crippen LogP contribution in [-0.4, -0.2) is 11.1 Å². The van der Waals surface area contributed by atoms with Crippen LogP contribution in [-0.2, 0) is 0 Å². The Morgan fingerprint density at radius 1 is 1.26 bits per heavy atom. The standard InChI is InChI=1S/C13H10ClN3O2/c14-10-6-5-9(13(7-10)17(18)19)8-16-12-4-2-1-3-11(12)15/h1-8H,15H2. The summed E-state index contributed by atoms with van der Waals surface area (Å²) in [6, 6.07) is 11.4. The zero-order valence-electron chi connectivity index (χ0n) is 9.79. The number of benzene rings is 2. The van der Waals surface area contributed by atoms with Crippen LogP contribution >= 0.6 is 11.6 Å². The van der Waals surface area contributed by atoms with Gasteiger partial charge in [0.2, 0.25) is 0 Å². The first kappa shape index (κ1) is 13.0. The fourth-order valence-corrected chi connectivity index (χ4v) is 1.69. The second kappa shape index (κ2) is 5.49. The molecule has 96 valence electrons. The topological polar surface area (TPSA) is 81.5 Å². The molecule has 0 unspecified atom stereocenters. The van der Waals surface area contributed by atoms with Gasteiger partial charge in [0.25, 0.3) is 5.69 Å². The molecule has 0 atom stereocenters. The quantitative estimate of drug-likeness (QED) is 0.402. The van der Waals surface area contributed by atoms with Crippen LogP contribution in [0.3, 0.4) is 0 Å². The van der Waals surface area contributed by atoms with E-state index < -0.39 is 4.92 Å². The minimum atomic E-state index is -0.498. The first-order valence-electron chi connectivity index (χ1n) is 5.40. The lowest BCUT2D eigenvalue weighted by atomic mass is 10.2. The fraction of sp³-hybridized carbons (Fsp3) is 0. The van der Waals surface area contributed by atoms with Crippen molar-refractivity contribution >= 4 is 34.9 Å². The number of nitro benzene ring substituents is 1. The molecule has 2 N–H and O–H groups in total. The molecule has 2 aromatic rings. The van der Waals surface area contributed by atoms with Gasteiger partial charge in [-0.3, -0.25) is 15.1 Å². The Balaban J connectivity index is 2.39. The van der Waals surface area contributed by atoms with Gasteiger partial charge in [-0.15, -0.1) is 0 Å². The zero-order valence-corrected chi connectivity index (χ0v) is 10.5. The number of hydrogen-bond acceptors (Lipinski definition) is 4. The van der Waals surface area contributed by atoms with E-state index in [1.165, 1.54) is 12.3 Å². The molecule has 0 heterocycles. The van der Waals surface area contributed by atoms with Gasteiger partial charge < -0.3 is 5.73 Å². The van der Waals surface area contributed by atoms with Crippen LogP contribution in [0.2, 0.25) is 5.02 Å². The van der Waals surface area contributed by atoms with Crippen LogP contribution in [0.15, 0.2) is 47.5 Å². The molecular formula is C13H10ClN3O2. The molecule has 6 heteroatoms. The molecule has 0 aliphatic heterocycles. The van der Waals surface area contributed by atoms with Crippen LogP contribution in [0.25, 0.3) is 0 Å². The van der Waals surface area contributed by atoms with E-state index in [-0.39, 0.29) is 5.69 Å². The van der Waals surface area contributed by atoms with Crippen molar-refractivity contribution in [2.75, 3.05) is 5.73 Å². The fourth-order valence-electron chi connectivity index (χ4n) is 1.53. The van der Waals surface area contributed by atoms with Gasteiger partial charge in [-0.1, -0.05) is 23.7 Å². The molecule has 5 nitrogen and oxygen atoms in total. The summed E-state index contributed by atoms with van der Waals surface area (Å²) < 4.78 is 0. The van der Waals surface area contributed by atoms with Crippen LogP contribution < -0.4 is 5.73 Å². The summed E-state index contributed by atoms with van der Waals surface area (Å²) in [5, 5.41) is 11.2. The smallest absolute Gasteiger partial charge is 0.279 e. The van der Waals surface area contributed by atoms with Gasteiger partial charge in [0, 0.05) is 17.3 Å². The molecule has 19 heavy (non-hydrogen) atoms. The predicted octanol–water partition coefficient (Wildman–Crippen LogP) is 3.58. The zero-order chi connectivity index (χ0) is 13.8. The van der Waals surface area contributed by atoms with Crippen molar-refractivity contribution in [3.05, 3.63) is 63.2 Å². The van der Waals surface area contributed by atoms with Crippen LogP contribution in [0, 0.1) is 10.1 Å². The molecule has 0 saturated heterocycles. The van der Waals surface area contributed by atoms with E-state index in [0.29, 0.717) is 22.0 Å². The van der Waals surface area contributed by atoms with Crippen molar-refractivity contribution < 1.29 is 4.92 Å². The number of nitro groups is 1. The number of nitrogens with two attached hydrogens (primary N) is 1. The van der Waals surface area contributed by atoms with E-state index in [1.54, 1.807) is 36.4 Å². The van der Waals surface area contributed by atoms with Gasteiger partial charge in [-0.25, -0.2) is 0 Å². The number of halogens is 1. The van der Waals surface area contributed by atoms with Gasteiger partial charge in [0.1, 0.15) is 0 Å². The van der Waals surface area contributed by atoms with Crippen LogP contribution in [0.4, 0.5) is 17.1 Å². The minimum Gasteiger partial charge on any atom is -0.397 e. The van der Waals surface area contributed by atoms with Crippen LogP contribution in [0.1, 0.15) is 5.56 Å². The van der Waals surface area contributed by atoms with Gasteiger partial charge in [0.15, 0.2) is 0 Å². The maximum Gasteiger partial charge on any atom is 0.279 e. The Morgan fingerprint density at radius 2 is 2.00 bits per heavy atom. The van der Waals surface area contributed by atoms with Gasteiger partial charge >= 0.3 is 0 Å². The normalized spacial score (nSPS) is 10.8. The molecule has 0 radical (unpaired) electrons. The van der Waals surface area contributed by atoms with Gasteiger partial charge in [-0.2, -0.15) is 0 Å². The Bertz CT molecular complexity index is 656. The number of anilines is 1. The summed E-state index contributed by atoms with van der Waals surface area (Å²) in [6.07, 6.45) is 1.40. The van der Waals surface area contributed by atoms with Crippen molar-refractivity contribution in [3.63, 3.8) is 0 Å². The molecule has 2 aromatic carbocycles. The molecule has 0 aliphatic rings. The number of hydrogen-bond donors (Lipinski definition) is 1. The highest BCUT2D eigenvalue weighted by molar-refractivity contribution is 6.30. The Kier molecular flexibility index (Phi) is 3.77. The summed E-state index contributed by atoms with van der Waals surface area (Å²) in [5.74, 6) is 0. The highest BCUT2D eigenvalue weighted by Gasteiger charge is 2.12. The summed E-state index contributed by atoms with van der Waals surface area (Å²) >= 11 is 5.73. The lowest BCUT2D eigenvalue weighted by Gasteiger charge is -2.00. The van der Waals surface area contributed by atoms with Crippen molar-refractivity contribution in [2.45, 2.75) is 0 Å². The summed E-state index contributed by atoms with van der Waals surface area (Å²) in [5.41, 5.74) is 7.09. The van der Waals surface area contributed by atoms with Crippen LogP contribution in [0.5, 0.6) is 0 Å². The Hall–Kier alpha value is -2.40. The number of rotatable bonds is 3. The largest absolute Gasteiger partial charge is 0.397 e. The predicted molar refractivity (Wildman–Crippen MR) is 76.2 cm³/mol. The Labute approximate surface area is 114 Å². The van der Waals surface area contributed by atoms with E-state index in [4.69, 9.17) is 17.3 Å². The van der Waals surface area contributed by atoms with E-state index in [0.717, 1.165) is 0 Å². The first-order chi connectivity index (χ1) is 9.08. The SMILES string of the molecule is Nc1ccccc1N=Cc1ccc(Cl)cc1[N+](=O)[O-].